The van der Waals surface area contributed by atoms with Gasteiger partial charge >= 0.3 is 0 Å². The van der Waals surface area contributed by atoms with Crippen LogP contribution in [-0.2, 0) is 15.9 Å². The van der Waals surface area contributed by atoms with Crippen LogP contribution in [-0.4, -0.2) is 51.2 Å². The molecular formula is C16H25NO3. The van der Waals surface area contributed by atoms with Crippen molar-refractivity contribution in [3.05, 3.63) is 29.3 Å². The number of aliphatic hydroxyl groups excluding tert-OH is 1. The van der Waals surface area contributed by atoms with E-state index in [0.717, 1.165) is 19.4 Å². The molecule has 0 amide bonds. The normalized spacial score (nSPS) is 16.1. The largest absolute Gasteiger partial charge is 0.389 e. The number of aliphatic hydroxyl groups is 1. The minimum atomic E-state index is -0.459. The van der Waals surface area contributed by atoms with Crippen LogP contribution >= 0.6 is 0 Å². The van der Waals surface area contributed by atoms with Crippen molar-refractivity contribution in [1.29, 1.82) is 0 Å². The number of aryl methyl sites for hydroxylation is 2. The first-order valence-corrected chi connectivity index (χ1v) is 7.30. The number of benzene rings is 1. The molecule has 4 nitrogen and oxygen atoms in total. The summed E-state index contributed by atoms with van der Waals surface area (Å²) in [6.07, 6.45) is 1.82. The van der Waals surface area contributed by atoms with E-state index in [9.17, 15) is 5.11 Å². The highest BCUT2D eigenvalue weighted by Crippen LogP contribution is 2.27. The maximum atomic E-state index is 10.1. The van der Waals surface area contributed by atoms with Crippen molar-refractivity contribution in [2.24, 2.45) is 0 Å². The van der Waals surface area contributed by atoms with E-state index in [2.05, 4.69) is 30.0 Å². The Balaban J connectivity index is 1.88. The summed E-state index contributed by atoms with van der Waals surface area (Å²) in [5.41, 5.74) is 3.95. The van der Waals surface area contributed by atoms with Gasteiger partial charge in [0.25, 0.3) is 0 Å². The number of β-amino-alcohol motifs (C(OH)–C–C–N with tert-alkyl or cyclic N) is 1. The molecule has 0 aliphatic carbocycles. The highest BCUT2D eigenvalue weighted by molar-refractivity contribution is 5.56. The molecule has 1 N–H and O–H groups in total. The number of hydrogen-bond donors (Lipinski definition) is 1. The average molecular weight is 279 g/mol. The Kier molecular flexibility index (Phi) is 5.83. The first-order valence-electron chi connectivity index (χ1n) is 7.30. The summed E-state index contributed by atoms with van der Waals surface area (Å²) in [5, 5.41) is 10.1. The van der Waals surface area contributed by atoms with Gasteiger partial charge in [0, 0.05) is 25.9 Å². The number of rotatable bonds is 7. The number of fused-ring (bicyclic) bond motifs is 1. The Labute approximate surface area is 121 Å². The Hall–Kier alpha value is -1.10. The van der Waals surface area contributed by atoms with E-state index in [4.69, 9.17) is 9.47 Å². The maximum Gasteiger partial charge on any atom is 0.0948 e. The fourth-order valence-corrected chi connectivity index (χ4v) is 2.66. The molecule has 0 spiro atoms. The standard InChI is InChI=1S/C16H25NO3/c1-13-5-6-16-14(10-13)4-3-7-17(16)11-15(18)12-20-9-8-19-2/h5-6,10,15,18H,3-4,7-9,11-12H2,1-2H3. The van der Waals surface area contributed by atoms with Crippen molar-refractivity contribution in [2.45, 2.75) is 25.9 Å². The van der Waals surface area contributed by atoms with Crippen LogP contribution in [0, 0.1) is 6.92 Å². The van der Waals surface area contributed by atoms with Crippen molar-refractivity contribution in [3.63, 3.8) is 0 Å². The minimum Gasteiger partial charge on any atom is -0.389 e. The fraction of sp³-hybridized carbons (Fsp3) is 0.625. The summed E-state index contributed by atoms with van der Waals surface area (Å²) in [7, 11) is 1.65. The topological polar surface area (TPSA) is 41.9 Å². The molecule has 4 heteroatoms. The molecular weight excluding hydrogens is 254 g/mol. The van der Waals surface area contributed by atoms with Gasteiger partial charge in [0.05, 0.1) is 25.9 Å². The molecule has 1 aliphatic rings. The molecule has 0 bridgehead atoms. The average Bonchev–Trinajstić information content (AvgIpc) is 2.43. The third-order valence-corrected chi connectivity index (χ3v) is 3.62. The van der Waals surface area contributed by atoms with Crippen molar-refractivity contribution in [2.75, 3.05) is 44.9 Å². The van der Waals surface area contributed by atoms with Crippen LogP contribution in [0.5, 0.6) is 0 Å². The summed E-state index contributed by atoms with van der Waals surface area (Å²) in [5.74, 6) is 0. The van der Waals surface area contributed by atoms with Gasteiger partial charge in [0.1, 0.15) is 0 Å². The maximum absolute atomic E-state index is 10.1. The number of ether oxygens (including phenoxy) is 2. The molecule has 112 valence electrons. The third kappa shape index (κ3) is 4.20. The van der Waals surface area contributed by atoms with Gasteiger partial charge in [-0.15, -0.1) is 0 Å². The lowest BCUT2D eigenvalue weighted by Gasteiger charge is -2.33. The Bertz CT molecular complexity index is 422. The van der Waals surface area contributed by atoms with Crippen LogP contribution in [0.25, 0.3) is 0 Å². The van der Waals surface area contributed by atoms with E-state index in [0.29, 0.717) is 26.4 Å². The summed E-state index contributed by atoms with van der Waals surface area (Å²) in [6, 6.07) is 6.56. The smallest absolute Gasteiger partial charge is 0.0948 e. The Morgan fingerprint density at radius 1 is 1.35 bits per heavy atom. The van der Waals surface area contributed by atoms with Crippen LogP contribution in [0.4, 0.5) is 5.69 Å². The molecule has 1 unspecified atom stereocenters. The van der Waals surface area contributed by atoms with Crippen molar-refractivity contribution in [3.8, 4) is 0 Å². The molecule has 1 aromatic carbocycles. The van der Waals surface area contributed by atoms with Gasteiger partial charge in [-0.2, -0.15) is 0 Å². The quantitative estimate of drug-likeness (QED) is 0.773. The van der Waals surface area contributed by atoms with E-state index in [1.807, 2.05) is 0 Å². The Morgan fingerprint density at radius 3 is 3.00 bits per heavy atom. The lowest BCUT2D eigenvalue weighted by molar-refractivity contribution is 0.0160. The zero-order valence-corrected chi connectivity index (χ0v) is 12.5. The minimum absolute atomic E-state index is 0.362. The van der Waals surface area contributed by atoms with E-state index >= 15 is 0 Å². The van der Waals surface area contributed by atoms with E-state index in [1.54, 1.807) is 7.11 Å². The van der Waals surface area contributed by atoms with Crippen LogP contribution in [0.3, 0.4) is 0 Å². The molecule has 0 aromatic heterocycles. The van der Waals surface area contributed by atoms with Crippen LogP contribution < -0.4 is 4.90 Å². The molecule has 2 rings (SSSR count). The van der Waals surface area contributed by atoms with E-state index in [1.165, 1.54) is 16.8 Å². The Morgan fingerprint density at radius 2 is 2.20 bits per heavy atom. The zero-order valence-electron chi connectivity index (χ0n) is 12.5. The van der Waals surface area contributed by atoms with Crippen molar-refractivity contribution >= 4 is 5.69 Å². The van der Waals surface area contributed by atoms with Gasteiger partial charge in [0.15, 0.2) is 0 Å². The number of hydrogen-bond acceptors (Lipinski definition) is 4. The summed E-state index contributed by atoms with van der Waals surface area (Å²) < 4.78 is 10.3. The van der Waals surface area contributed by atoms with E-state index in [-0.39, 0.29) is 0 Å². The molecule has 0 radical (unpaired) electrons. The molecule has 1 atom stereocenters. The van der Waals surface area contributed by atoms with Gasteiger partial charge < -0.3 is 19.5 Å². The highest BCUT2D eigenvalue weighted by atomic mass is 16.5. The molecule has 1 heterocycles. The summed E-state index contributed by atoms with van der Waals surface area (Å²) in [4.78, 5) is 2.27. The zero-order chi connectivity index (χ0) is 14.4. The summed E-state index contributed by atoms with van der Waals surface area (Å²) >= 11 is 0. The van der Waals surface area contributed by atoms with Crippen LogP contribution in [0.15, 0.2) is 18.2 Å². The SMILES string of the molecule is COCCOCC(O)CN1CCCc2cc(C)ccc21. The van der Waals surface area contributed by atoms with Gasteiger partial charge in [-0.25, -0.2) is 0 Å². The fourth-order valence-electron chi connectivity index (χ4n) is 2.66. The molecule has 20 heavy (non-hydrogen) atoms. The number of anilines is 1. The van der Waals surface area contributed by atoms with Gasteiger partial charge in [-0.3, -0.25) is 0 Å². The predicted molar refractivity (Wildman–Crippen MR) is 80.4 cm³/mol. The first-order chi connectivity index (χ1) is 9.70. The number of nitrogens with zero attached hydrogens (tertiary/aromatic N) is 1. The molecule has 0 fully saturated rings. The molecule has 1 aromatic rings. The lowest BCUT2D eigenvalue weighted by Crippen LogP contribution is -2.38. The van der Waals surface area contributed by atoms with Gasteiger partial charge in [-0.1, -0.05) is 17.7 Å². The van der Waals surface area contributed by atoms with Gasteiger partial charge in [-0.05, 0) is 31.4 Å². The van der Waals surface area contributed by atoms with E-state index < -0.39 is 6.10 Å². The van der Waals surface area contributed by atoms with Crippen molar-refractivity contribution in [1.82, 2.24) is 0 Å². The second kappa shape index (κ2) is 7.62. The van der Waals surface area contributed by atoms with Crippen molar-refractivity contribution < 1.29 is 14.6 Å². The van der Waals surface area contributed by atoms with Gasteiger partial charge in [0.2, 0.25) is 0 Å². The predicted octanol–water partition coefficient (Wildman–Crippen LogP) is 1.77. The second-order valence-electron chi connectivity index (χ2n) is 5.40. The van der Waals surface area contributed by atoms with Crippen LogP contribution in [0.1, 0.15) is 17.5 Å². The number of methoxy groups -OCH3 is 1. The molecule has 0 saturated carbocycles. The van der Waals surface area contributed by atoms with Crippen LogP contribution in [0.2, 0.25) is 0 Å². The second-order valence-corrected chi connectivity index (χ2v) is 5.40. The molecule has 0 saturated heterocycles. The third-order valence-electron chi connectivity index (χ3n) is 3.62. The molecule has 1 aliphatic heterocycles. The summed E-state index contributed by atoms with van der Waals surface area (Å²) in [6.45, 7) is 5.22. The highest BCUT2D eigenvalue weighted by Gasteiger charge is 2.19. The monoisotopic (exact) mass is 279 g/mol. The first kappa shape index (κ1) is 15.3. The lowest BCUT2D eigenvalue weighted by atomic mass is 9.99.